The van der Waals surface area contributed by atoms with Crippen molar-refractivity contribution in [2.24, 2.45) is 0 Å². The second-order valence-corrected chi connectivity index (χ2v) is 7.28. The van der Waals surface area contributed by atoms with Gasteiger partial charge in [0.1, 0.15) is 0 Å². The first kappa shape index (κ1) is 21.7. The quantitative estimate of drug-likeness (QED) is 0.806. The molecule has 3 rings (SSSR count). The average Bonchev–Trinajstić information content (AvgIpc) is 2.73. The van der Waals surface area contributed by atoms with Crippen LogP contribution in [0.1, 0.15) is 30.5 Å². The highest BCUT2D eigenvalue weighted by Gasteiger charge is 2.31. The van der Waals surface area contributed by atoms with Crippen LogP contribution in [0.15, 0.2) is 54.6 Å². The summed E-state index contributed by atoms with van der Waals surface area (Å²) >= 11 is 0. The van der Waals surface area contributed by atoms with Gasteiger partial charge in [-0.15, -0.1) is 0 Å². The van der Waals surface area contributed by atoms with Crippen molar-refractivity contribution in [1.82, 2.24) is 10.2 Å². The summed E-state index contributed by atoms with van der Waals surface area (Å²) in [6.45, 7) is 3.13. The third-order valence-electron chi connectivity index (χ3n) is 5.13. The summed E-state index contributed by atoms with van der Waals surface area (Å²) in [6.07, 6.45) is -4.25. The molecule has 0 spiro atoms. The largest absolute Gasteiger partial charge is 0.416 e. The summed E-state index contributed by atoms with van der Waals surface area (Å²) in [5.41, 5.74) is 0.667. The fourth-order valence-corrected chi connectivity index (χ4v) is 3.58. The monoisotopic (exact) mass is 419 g/mol. The molecule has 0 aliphatic carbocycles. The van der Waals surface area contributed by atoms with E-state index in [9.17, 15) is 22.8 Å². The minimum absolute atomic E-state index is 0.0960. The molecular formula is C22H24F3N3O2. The van der Waals surface area contributed by atoms with E-state index in [1.807, 2.05) is 35.2 Å². The second kappa shape index (κ2) is 9.19. The first-order chi connectivity index (χ1) is 14.2. The number of carbonyl (C=O) groups excluding carboxylic acids is 2. The summed E-state index contributed by atoms with van der Waals surface area (Å²) in [6, 6.07) is 14.1. The van der Waals surface area contributed by atoms with Crippen LogP contribution >= 0.6 is 0 Å². The summed E-state index contributed by atoms with van der Waals surface area (Å²) in [5.74, 6) is -0.313. The lowest BCUT2D eigenvalue weighted by molar-refractivity contribution is -0.137. The Bertz CT molecular complexity index is 879. The molecule has 0 bridgehead atoms. The van der Waals surface area contributed by atoms with Crippen molar-refractivity contribution in [3.63, 3.8) is 0 Å². The van der Waals surface area contributed by atoms with Crippen LogP contribution in [0.2, 0.25) is 0 Å². The highest BCUT2D eigenvalue weighted by molar-refractivity contribution is 5.79. The summed E-state index contributed by atoms with van der Waals surface area (Å²) in [4.78, 5) is 27.9. The van der Waals surface area contributed by atoms with E-state index in [4.69, 9.17) is 0 Å². The Morgan fingerprint density at radius 2 is 1.67 bits per heavy atom. The number of halogens is 3. The Morgan fingerprint density at radius 3 is 2.27 bits per heavy atom. The van der Waals surface area contributed by atoms with Gasteiger partial charge in [0, 0.05) is 38.8 Å². The molecule has 0 aromatic heterocycles. The first-order valence-electron chi connectivity index (χ1n) is 9.76. The van der Waals surface area contributed by atoms with E-state index in [0.29, 0.717) is 31.9 Å². The molecular weight excluding hydrogens is 395 g/mol. The molecule has 1 fully saturated rings. The maximum atomic E-state index is 13.0. The number of benzene rings is 2. The molecule has 8 heteroatoms. The van der Waals surface area contributed by atoms with Gasteiger partial charge in [0.2, 0.25) is 11.8 Å². The van der Waals surface area contributed by atoms with Gasteiger partial charge in [-0.05, 0) is 23.8 Å². The van der Waals surface area contributed by atoms with Gasteiger partial charge in [-0.3, -0.25) is 9.59 Å². The number of piperazine rings is 1. The molecule has 2 aromatic carbocycles. The Labute approximate surface area is 173 Å². The van der Waals surface area contributed by atoms with Crippen molar-refractivity contribution in [2.45, 2.75) is 25.6 Å². The summed E-state index contributed by atoms with van der Waals surface area (Å²) in [7, 11) is 0. The number of hydrogen-bond donors (Lipinski definition) is 1. The lowest BCUT2D eigenvalue weighted by Gasteiger charge is -2.37. The molecule has 1 atom stereocenters. The van der Waals surface area contributed by atoms with Crippen LogP contribution in [-0.2, 0) is 15.8 Å². The highest BCUT2D eigenvalue weighted by atomic mass is 19.4. The van der Waals surface area contributed by atoms with Gasteiger partial charge in [0.05, 0.1) is 18.0 Å². The van der Waals surface area contributed by atoms with E-state index >= 15 is 0 Å². The van der Waals surface area contributed by atoms with E-state index in [-0.39, 0.29) is 18.2 Å². The van der Waals surface area contributed by atoms with Gasteiger partial charge in [0.25, 0.3) is 0 Å². The fourth-order valence-electron chi connectivity index (χ4n) is 3.58. The third kappa shape index (κ3) is 5.52. The van der Waals surface area contributed by atoms with Crippen molar-refractivity contribution in [3.05, 3.63) is 65.7 Å². The molecule has 2 aromatic rings. The number of nitrogens with zero attached hydrogens (tertiary/aromatic N) is 2. The van der Waals surface area contributed by atoms with Crippen molar-refractivity contribution in [3.8, 4) is 0 Å². The topological polar surface area (TPSA) is 52.7 Å². The predicted octanol–water partition coefficient (Wildman–Crippen LogP) is 3.62. The Hall–Kier alpha value is -3.03. The van der Waals surface area contributed by atoms with E-state index in [1.165, 1.54) is 13.0 Å². The minimum Gasteiger partial charge on any atom is -0.368 e. The van der Waals surface area contributed by atoms with Crippen LogP contribution in [0.5, 0.6) is 0 Å². The zero-order valence-corrected chi connectivity index (χ0v) is 16.7. The van der Waals surface area contributed by atoms with Gasteiger partial charge in [0.15, 0.2) is 0 Å². The van der Waals surface area contributed by atoms with E-state index in [0.717, 1.165) is 17.7 Å². The van der Waals surface area contributed by atoms with Crippen LogP contribution in [0.25, 0.3) is 0 Å². The molecule has 1 unspecified atom stereocenters. The zero-order valence-electron chi connectivity index (χ0n) is 16.7. The fraction of sp³-hybridized carbons (Fsp3) is 0.364. The number of anilines is 1. The van der Waals surface area contributed by atoms with Crippen LogP contribution < -0.4 is 10.2 Å². The number of alkyl halides is 3. The van der Waals surface area contributed by atoms with Gasteiger partial charge in [-0.1, -0.05) is 36.4 Å². The molecule has 1 aliphatic rings. The smallest absolute Gasteiger partial charge is 0.368 e. The van der Waals surface area contributed by atoms with Crippen LogP contribution in [0, 0.1) is 0 Å². The van der Waals surface area contributed by atoms with Crippen LogP contribution in [-0.4, -0.2) is 42.9 Å². The Balaban J connectivity index is 1.61. The molecule has 30 heavy (non-hydrogen) atoms. The summed E-state index contributed by atoms with van der Waals surface area (Å²) in [5, 5.41) is 2.82. The molecule has 1 N–H and O–H groups in total. The van der Waals surface area contributed by atoms with E-state index in [1.54, 1.807) is 11.0 Å². The zero-order chi connectivity index (χ0) is 21.7. The first-order valence-corrected chi connectivity index (χ1v) is 9.76. The molecule has 160 valence electrons. The molecule has 0 radical (unpaired) electrons. The number of hydrogen-bond acceptors (Lipinski definition) is 3. The molecule has 1 aliphatic heterocycles. The van der Waals surface area contributed by atoms with E-state index in [2.05, 4.69) is 5.32 Å². The average molecular weight is 419 g/mol. The van der Waals surface area contributed by atoms with Gasteiger partial charge in [-0.25, -0.2) is 0 Å². The molecule has 5 nitrogen and oxygen atoms in total. The standard InChI is InChI=1S/C22H24F3N3O2/c1-16(29)26-20(17-6-3-2-4-7-17)15-21(30)28-12-10-27(11-13-28)19-9-5-8-18(14-19)22(23,24)25/h2-9,14,20H,10-13,15H2,1H3,(H,26,29). The Morgan fingerprint density at radius 1 is 1.00 bits per heavy atom. The number of nitrogens with one attached hydrogen (secondary N) is 1. The van der Waals surface area contributed by atoms with Gasteiger partial charge < -0.3 is 15.1 Å². The molecule has 1 heterocycles. The lowest BCUT2D eigenvalue weighted by atomic mass is 10.0. The molecule has 1 saturated heterocycles. The van der Waals surface area contributed by atoms with Crippen molar-refractivity contribution >= 4 is 17.5 Å². The highest BCUT2D eigenvalue weighted by Crippen LogP contribution is 2.32. The van der Waals surface area contributed by atoms with Crippen LogP contribution in [0.3, 0.4) is 0 Å². The number of amides is 2. The third-order valence-corrected chi connectivity index (χ3v) is 5.13. The predicted molar refractivity (Wildman–Crippen MR) is 108 cm³/mol. The maximum absolute atomic E-state index is 13.0. The van der Waals surface area contributed by atoms with Crippen molar-refractivity contribution < 1.29 is 22.8 Å². The van der Waals surface area contributed by atoms with Crippen LogP contribution in [0.4, 0.5) is 18.9 Å². The minimum atomic E-state index is -4.38. The lowest BCUT2D eigenvalue weighted by Crippen LogP contribution is -2.49. The SMILES string of the molecule is CC(=O)NC(CC(=O)N1CCN(c2cccc(C(F)(F)F)c2)CC1)c1ccccc1. The second-order valence-electron chi connectivity index (χ2n) is 7.28. The molecule has 2 amide bonds. The number of carbonyl (C=O) groups is 2. The number of rotatable bonds is 5. The van der Waals surface area contributed by atoms with Gasteiger partial charge >= 0.3 is 6.18 Å². The maximum Gasteiger partial charge on any atom is 0.416 e. The van der Waals surface area contributed by atoms with Crippen molar-refractivity contribution in [2.75, 3.05) is 31.1 Å². The molecule has 0 saturated carbocycles. The normalized spacial score (nSPS) is 15.6. The summed E-state index contributed by atoms with van der Waals surface area (Å²) < 4.78 is 38.9. The van der Waals surface area contributed by atoms with Gasteiger partial charge in [-0.2, -0.15) is 13.2 Å². The Kier molecular flexibility index (Phi) is 6.64. The van der Waals surface area contributed by atoms with E-state index < -0.39 is 17.8 Å². The van der Waals surface area contributed by atoms with Crippen molar-refractivity contribution in [1.29, 1.82) is 0 Å².